The quantitative estimate of drug-likeness (QED) is 0.635. The van der Waals surface area contributed by atoms with Crippen LogP contribution in [0.25, 0.3) is 0 Å². The number of rotatable bonds is 7. The second kappa shape index (κ2) is 7.62. The molecule has 6 heteroatoms. The van der Waals surface area contributed by atoms with E-state index in [-0.39, 0.29) is 19.4 Å². The van der Waals surface area contributed by atoms with Crippen LogP contribution >= 0.6 is 0 Å². The van der Waals surface area contributed by atoms with Gasteiger partial charge in [-0.25, -0.2) is 4.79 Å². The molecule has 0 aliphatic carbocycles. The van der Waals surface area contributed by atoms with Crippen molar-refractivity contribution >= 4 is 11.9 Å². The molecule has 0 fully saturated rings. The molecule has 20 heavy (non-hydrogen) atoms. The van der Waals surface area contributed by atoms with Crippen molar-refractivity contribution in [3.8, 4) is 0 Å². The van der Waals surface area contributed by atoms with Gasteiger partial charge in [-0.1, -0.05) is 24.3 Å². The Kier molecular flexibility index (Phi) is 6.14. The molecule has 1 aromatic carbocycles. The highest BCUT2D eigenvalue weighted by molar-refractivity contribution is 5.75. The molecule has 0 heterocycles. The van der Waals surface area contributed by atoms with Crippen LogP contribution in [0.2, 0.25) is 0 Å². The molecule has 2 unspecified atom stereocenters. The summed E-state index contributed by atoms with van der Waals surface area (Å²) in [7, 11) is 0. The molecule has 1 rings (SSSR count). The average Bonchev–Trinajstić information content (AvgIpc) is 2.44. The molecule has 3 N–H and O–H groups in total. The Balaban J connectivity index is 2.88. The third-order valence-corrected chi connectivity index (χ3v) is 2.81. The van der Waals surface area contributed by atoms with Gasteiger partial charge in [-0.05, 0) is 24.5 Å². The van der Waals surface area contributed by atoms with Gasteiger partial charge in [-0.2, -0.15) is 0 Å². The number of benzene rings is 1. The Morgan fingerprint density at radius 3 is 2.50 bits per heavy atom. The van der Waals surface area contributed by atoms with Gasteiger partial charge in [0.2, 0.25) is 0 Å². The van der Waals surface area contributed by atoms with Crippen LogP contribution < -0.4 is 0 Å². The van der Waals surface area contributed by atoms with E-state index < -0.39 is 24.1 Å². The van der Waals surface area contributed by atoms with E-state index in [9.17, 15) is 19.8 Å². The number of aliphatic hydroxyl groups is 2. The van der Waals surface area contributed by atoms with Gasteiger partial charge < -0.3 is 20.1 Å². The number of aliphatic carboxylic acids is 1. The Morgan fingerprint density at radius 1 is 1.25 bits per heavy atom. The molecule has 0 saturated carbocycles. The minimum absolute atomic E-state index is 0.0980. The number of hydrogen-bond donors (Lipinski definition) is 3. The van der Waals surface area contributed by atoms with Gasteiger partial charge in [-0.15, -0.1) is 0 Å². The molecule has 0 aromatic heterocycles. The summed E-state index contributed by atoms with van der Waals surface area (Å²) in [5.41, 5.74) is 0.903. The fourth-order valence-electron chi connectivity index (χ4n) is 1.82. The summed E-state index contributed by atoms with van der Waals surface area (Å²) in [6, 6.07) is 6.54. The van der Waals surface area contributed by atoms with Gasteiger partial charge >= 0.3 is 11.9 Å². The molecular weight excluding hydrogens is 264 g/mol. The molecule has 0 amide bonds. The van der Waals surface area contributed by atoms with E-state index in [0.29, 0.717) is 11.1 Å². The lowest BCUT2D eigenvalue weighted by molar-refractivity contribution is -0.159. The zero-order chi connectivity index (χ0) is 15.1. The second-order valence-corrected chi connectivity index (χ2v) is 4.23. The summed E-state index contributed by atoms with van der Waals surface area (Å²) < 4.78 is 4.64. The van der Waals surface area contributed by atoms with Crippen molar-refractivity contribution in [1.29, 1.82) is 0 Å². The summed E-state index contributed by atoms with van der Waals surface area (Å²) in [6.45, 7) is 1.70. The summed E-state index contributed by atoms with van der Waals surface area (Å²) in [5, 5.41) is 28.5. The monoisotopic (exact) mass is 282 g/mol. The highest BCUT2D eigenvalue weighted by Crippen LogP contribution is 2.23. The van der Waals surface area contributed by atoms with Crippen molar-refractivity contribution < 1.29 is 29.6 Å². The van der Waals surface area contributed by atoms with Gasteiger partial charge in [0.05, 0.1) is 6.61 Å². The van der Waals surface area contributed by atoms with Crippen molar-refractivity contribution in [2.45, 2.75) is 32.0 Å². The Bertz CT molecular complexity index is 470. The Hall–Kier alpha value is -1.92. The Labute approximate surface area is 116 Å². The van der Waals surface area contributed by atoms with Gasteiger partial charge in [0.15, 0.2) is 6.10 Å². The number of aliphatic hydroxyl groups excluding tert-OH is 2. The number of hydrogen-bond acceptors (Lipinski definition) is 5. The lowest BCUT2D eigenvalue weighted by Crippen LogP contribution is -2.30. The molecule has 0 bridgehead atoms. The minimum Gasteiger partial charge on any atom is -0.481 e. The summed E-state index contributed by atoms with van der Waals surface area (Å²) in [6.07, 6.45) is -3.03. The maximum atomic E-state index is 11.4. The zero-order valence-electron chi connectivity index (χ0n) is 11.2. The lowest BCUT2D eigenvalue weighted by Gasteiger charge is -2.19. The third-order valence-electron chi connectivity index (χ3n) is 2.81. The maximum absolute atomic E-state index is 11.4. The number of ether oxygens (including phenoxy) is 1. The molecule has 0 spiro atoms. The summed E-state index contributed by atoms with van der Waals surface area (Å²) >= 11 is 0. The Morgan fingerprint density at radius 2 is 1.90 bits per heavy atom. The number of carboxylic acids is 1. The van der Waals surface area contributed by atoms with Gasteiger partial charge in [0, 0.05) is 6.42 Å². The van der Waals surface area contributed by atoms with Crippen molar-refractivity contribution in [2.75, 3.05) is 6.61 Å². The molecular formula is C14H18O6. The molecule has 0 radical (unpaired) electrons. The molecule has 1 aromatic rings. The predicted octanol–water partition coefficient (Wildman–Crippen LogP) is 0.661. The van der Waals surface area contributed by atoms with Crippen LogP contribution in [0.1, 0.15) is 30.6 Å². The van der Waals surface area contributed by atoms with E-state index >= 15 is 0 Å². The smallest absolute Gasteiger partial charge is 0.338 e. The third kappa shape index (κ3) is 4.32. The van der Waals surface area contributed by atoms with Crippen LogP contribution in [-0.2, 0) is 20.7 Å². The summed E-state index contributed by atoms with van der Waals surface area (Å²) in [5.74, 6) is -1.87. The lowest BCUT2D eigenvalue weighted by atomic mass is 9.96. The van der Waals surface area contributed by atoms with Gasteiger partial charge in [0.25, 0.3) is 0 Å². The van der Waals surface area contributed by atoms with E-state index in [2.05, 4.69) is 4.74 Å². The average molecular weight is 282 g/mol. The van der Waals surface area contributed by atoms with Crippen molar-refractivity contribution in [2.24, 2.45) is 0 Å². The van der Waals surface area contributed by atoms with Crippen molar-refractivity contribution in [3.63, 3.8) is 0 Å². The van der Waals surface area contributed by atoms with Crippen LogP contribution in [0.4, 0.5) is 0 Å². The zero-order valence-corrected chi connectivity index (χ0v) is 11.2. The standard InChI is InChI=1S/C14H18O6/c1-2-20-14(19)13(18)12(17)10-6-4-3-5-9(10)7-8-11(15)16/h3-6,12-13,17-18H,2,7-8H2,1H3,(H,15,16). The first kappa shape index (κ1) is 16.1. The number of aryl methyl sites for hydroxylation is 1. The normalized spacial score (nSPS) is 13.6. The fourth-order valence-corrected chi connectivity index (χ4v) is 1.82. The fraction of sp³-hybridized carbons (Fsp3) is 0.429. The first-order valence-corrected chi connectivity index (χ1v) is 6.29. The van der Waals surface area contributed by atoms with Crippen molar-refractivity contribution in [3.05, 3.63) is 35.4 Å². The second-order valence-electron chi connectivity index (χ2n) is 4.23. The number of esters is 1. The topological polar surface area (TPSA) is 104 Å². The number of carboxylic acid groups (broad SMARTS) is 1. The maximum Gasteiger partial charge on any atom is 0.338 e. The van der Waals surface area contributed by atoms with Crippen molar-refractivity contribution in [1.82, 2.24) is 0 Å². The first-order chi connectivity index (χ1) is 9.47. The number of carbonyl (C=O) groups excluding carboxylic acids is 1. The molecule has 6 nitrogen and oxygen atoms in total. The van der Waals surface area contributed by atoms with Crippen LogP contribution in [0.5, 0.6) is 0 Å². The highest BCUT2D eigenvalue weighted by atomic mass is 16.5. The molecule has 0 aliphatic rings. The van der Waals surface area contributed by atoms with E-state index in [1.165, 1.54) is 0 Å². The largest absolute Gasteiger partial charge is 0.481 e. The molecule has 0 aliphatic heterocycles. The van der Waals surface area contributed by atoms with Crippen LogP contribution in [0.3, 0.4) is 0 Å². The molecule has 110 valence electrons. The summed E-state index contributed by atoms with van der Waals surface area (Å²) in [4.78, 5) is 22.0. The number of carbonyl (C=O) groups is 2. The van der Waals surface area contributed by atoms with Crippen LogP contribution in [-0.4, -0.2) is 40.0 Å². The van der Waals surface area contributed by atoms with Crippen LogP contribution in [0.15, 0.2) is 24.3 Å². The molecule has 2 atom stereocenters. The SMILES string of the molecule is CCOC(=O)C(O)C(O)c1ccccc1CCC(=O)O. The highest BCUT2D eigenvalue weighted by Gasteiger charge is 2.28. The van der Waals surface area contributed by atoms with E-state index in [4.69, 9.17) is 5.11 Å². The van der Waals surface area contributed by atoms with E-state index in [0.717, 1.165) is 0 Å². The van der Waals surface area contributed by atoms with Gasteiger partial charge in [-0.3, -0.25) is 4.79 Å². The predicted molar refractivity (Wildman–Crippen MR) is 70.0 cm³/mol. The minimum atomic E-state index is -1.69. The van der Waals surface area contributed by atoms with Gasteiger partial charge in [0.1, 0.15) is 6.10 Å². The van der Waals surface area contributed by atoms with E-state index in [1.807, 2.05) is 0 Å². The molecule has 0 saturated heterocycles. The van der Waals surface area contributed by atoms with E-state index in [1.54, 1.807) is 31.2 Å². The first-order valence-electron chi connectivity index (χ1n) is 6.29. The van der Waals surface area contributed by atoms with Crippen LogP contribution in [0, 0.1) is 0 Å².